The molecule has 1 aromatic rings. The molecule has 0 heterocycles. The lowest BCUT2D eigenvalue weighted by atomic mass is 10.2. The number of benzene rings is 1. The summed E-state index contributed by atoms with van der Waals surface area (Å²) in [5, 5.41) is 2.58. The number of nitrogens with one attached hydrogen (secondary N) is 1. The lowest BCUT2D eigenvalue weighted by molar-refractivity contribution is -0.111. The van der Waals surface area contributed by atoms with Crippen LogP contribution in [0.1, 0.15) is 5.56 Å². The van der Waals surface area contributed by atoms with Gasteiger partial charge in [0.1, 0.15) is 0 Å². The van der Waals surface area contributed by atoms with E-state index in [0.29, 0.717) is 11.3 Å². The van der Waals surface area contributed by atoms with Crippen LogP contribution in [0.15, 0.2) is 36.9 Å². The maximum atomic E-state index is 11.5. The smallest absolute Gasteiger partial charge is 0.247 e. The summed E-state index contributed by atoms with van der Waals surface area (Å²) < 4.78 is 23.1. The predicted octanol–water partition coefficient (Wildman–Crippen LogP) is 1.96. The van der Waals surface area contributed by atoms with E-state index in [2.05, 4.69) is 11.9 Å². The van der Waals surface area contributed by atoms with Crippen molar-refractivity contribution in [2.24, 2.45) is 0 Å². The summed E-state index contributed by atoms with van der Waals surface area (Å²) in [7, 11) is -3.16. The molecule has 0 aliphatic rings. The van der Waals surface area contributed by atoms with Crippen molar-refractivity contribution in [2.45, 2.75) is 5.75 Å². The molecule has 98 valence electrons. The van der Waals surface area contributed by atoms with Crippen LogP contribution in [0.5, 0.6) is 0 Å². The molecule has 0 atom stereocenters. The largest absolute Gasteiger partial charge is 0.323 e. The average Bonchev–Trinajstić information content (AvgIpc) is 2.31. The third kappa shape index (κ3) is 4.89. The van der Waals surface area contributed by atoms with Crippen molar-refractivity contribution in [1.29, 1.82) is 0 Å². The number of sulfone groups is 1. The van der Waals surface area contributed by atoms with Gasteiger partial charge < -0.3 is 5.32 Å². The normalized spacial score (nSPS) is 10.9. The van der Waals surface area contributed by atoms with Crippen molar-refractivity contribution in [3.05, 3.63) is 42.5 Å². The lowest BCUT2D eigenvalue weighted by Gasteiger charge is -2.05. The average molecular weight is 288 g/mol. The summed E-state index contributed by atoms with van der Waals surface area (Å²) in [5.74, 6) is -0.299. The lowest BCUT2D eigenvalue weighted by Crippen LogP contribution is -2.11. The highest BCUT2D eigenvalue weighted by molar-refractivity contribution is 7.90. The summed E-state index contributed by atoms with van der Waals surface area (Å²) >= 11 is 5.41. The molecule has 0 fully saturated rings. The third-order valence-electron chi connectivity index (χ3n) is 2.18. The quantitative estimate of drug-likeness (QED) is 0.643. The zero-order chi connectivity index (χ0) is 13.6. The van der Waals surface area contributed by atoms with Crippen molar-refractivity contribution >= 4 is 33.0 Å². The fourth-order valence-electron chi connectivity index (χ4n) is 1.32. The van der Waals surface area contributed by atoms with Crippen molar-refractivity contribution < 1.29 is 13.2 Å². The van der Waals surface area contributed by atoms with Crippen LogP contribution in [0.25, 0.3) is 0 Å². The van der Waals surface area contributed by atoms with Crippen LogP contribution in [-0.4, -0.2) is 26.0 Å². The highest BCUT2D eigenvalue weighted by atomic mass is 35.5. The Kier molecular flexibility index (Phi) is 5.37. The number of rotatable bonds is 6. The van der Waals surface area contributed by atoms with Gasteiger partial charge in [-0.05, 0) is 23.8 Å². The fourth-order valence-corrected chi connectivity index (χ4v) is 3.11. The molecule has 0 saturated carbocycles. The maximum absolute atomic E-state index is 11.5. The van der Waals surface area contributed by atoms with Crippen LogP contribution in [0.3, 0.4) is 0 Å². The summed E-state index contributed by atoms with van der Waals surface area (Å²) in [4.78, 5) is 11.0. The molecule has 0 aliphatic carbocycles. The molecule has 1 amide bonds. The molecule has 1 rings (SSSR count). The maximum Gasteiger partial charge on any atom is 0.247 e. The van der Waals surface area contributed by atoms with Crippen molar-refractivity contribution in [2.75, 3.05) is 16.9 Å². The second kappa shape index (κ2) is 6.56. The molecule has 0 spiro atoms. The predicted molar refractivity (Wildman–Crippen MR) is 73.5 cm³/mol. The topological polar surface area (TPSA) is 63.2 Å². The number of carbonyl (C=O) groups excluding carboxylic acids is 1. The molecule has 0 bridgehead atoms. The molecule has 0 aromatic heterocycles. The second-order valence-electron chi connectivity index (χ2n) is 3.67. The van der Waals surface area contributed by atoms with Gasteiger partial charge in [-0.15, -0.1) is 11.6 Å². The number of hydrogen-bond donors (Lipinski definition) is 1. The molecular formula is C12H14ClNO3S. The summed E-state index contributed by atoms with van der Waals surface area (Å²) in [6.45, 7) is 3.34. The summed E-state index contributed by atoms with van der Waals surface area (Å²) in [6.07, 6.45) is 1.17. The van der Waals surface area contributed by atoms with Crippen LogP contribution in [-0.2, 0) is 20.4 Å². The fraction of sp³-hybridized carbons (Fsp3) is 0.250. The molecule has 4 nitrogen and oxygen atoms in total. The van der Waals surface area contributed by atoms with Crippen LogP contribution in [0.4, 0.5) is 5.69 Å². The Morgan fingerprint density at radius 1 is 1.33 bits per heavy atom. The van der Waals surface area contributed by atoms with E-state index >= 15 is 0 Å². The minimum absolute atomic E-state index is 0.0382. The number of hydrogen-bond acceptors (Lipinski definition) is 3. The monoisotopic (exact) mass is 287 g/mol. The number of halogens is 1. The first-order valence-electron chi connectivity index (χ1n) is 5.25. The third-order valence-corrected chi connectivity index (χ3v) is 4.19. The Balaban J connectivity index is 2.71. The van der Waals surface area contributed by atoms with Gasteiger partial charge in [0.2, 0.25) is 5.91 Å². The van der Waals surface area contributed by atoms with E-state index in [-0.39, 0.29) is 23.3 Å². The van der Waals surface area contributed by atoms with E-state index in [1.807, 2.05) is 0 Å². The first-order valence-corrected chi connectivity index (χ1v) is 7.61. The van der Waals surface area contributed by atoms with Crippen LogP contribution in [0.2, 0.25) is 0 Å². The van der Waals surface area contributed by atoms with E-state index < -0.39 is 9.84 Å². The minimum Gasteiger partial charge on any atom is -0.323 e. The molecule has 0 unspecified atom stereocenters. The first-order chi connectivity index (χ1) is 8.46. The first kappa shape index (κ1) is 14.7. The second-order valence-corrected chi connectivity index (χ2v) is 6.23. The Hall–Kier alpha value is -1.33. The van der Waals surface area contributed by atoms with Crippen molar-refractivity contribution in [3.8, 4) is 0 Å². The summed E-state index contributed by atoms with van der Waals surface area (Å²) in [6, 6.07) is 6.61. The van der Waals surface area contributed by atoms with Gasteiger partial charge in [-0.1, -0.05) is 18.7 Å². The summed E-state index contributed by atoms with van der Waals surface area (Å²) in [5.41, 5.74) is 1.26. The molecule has 18 heavy (non-hydrogen) atoms. The van der Waals surface area contributed by atoms with Gasteiger partial charge in [-0.3, -0.25) is 4.79 Å². The molecule has 1 N–H and O–H groups in total. The number of carbonyl (C=O) groups is 1. The van der Waals surface area contributed by atoms with E-state index in [1.165, 1.54) is 6.08 Å². The molecular weight excluding hydrogens is 274 g/mol. The zero-order valence-corrected chi connectivity index (χ0v) is 11.3. The van der Waals surface area contributed by atoms with Gasteiger partial charge >= 0.3 is 0 Å². The van der Waals surface area contributed by atoms with E-state index in [1.54, 1.807) is 24.3 Å². The Morgan fingerprint density at radius 2 is 1.94 bits per heavy atom. The van der Waals surface area contributed by atoms with Crippen molar-refractivity contribution in [3.63, 3.8) is 0 Å². The standard InChI is InChI=1S/C12H14ClNO3S/c1-2-12(15)14-11-5-3-10(4-6-11)9-18(16,17)8-7-13/h2-6H,1,7-9H2,(H,14,15). The van der Waals surface area contributed by atoms with Gasteiger partial charge in [0.25, 0.3) is 0 Å². The molecule has 0 saturated heterocycles. The van der Waals surface area contributed by atoms with E-state index in [4.69, 9.17) is 11.6 Å². The van der Waals surface area contributed by atoms with Gasteiger partial charge in [0.05, 0.1) is 11.5 Å². The van der Waals surface area contributed by atoms with Gasteiger partial charge in [0.15, 0.2) is 9.84 Å². The Bertz CT molecular complexity index is 523. The van der Waals surface area contributed by atoms with Crippen LogP contribution in [0, 0.1) is 0 Å². The molecule has 6 heteroatoms. The number of alkyl halides is 1. The van der Waals surface area contributed by atoms with Gasteiger partial charge in [0, 0.05) is 11.6 Å². The number of anilines is 1. The highest BCUT2D eigenvalue weighted by Crippen LogP contribution is 2.12. The minimum atomic E-state index is -3.16. The van der Waals surface area contributed by atoms with Gasteiger partial charge in [-0.2, -0.15) is 0 Å². The zero-order valence-electron chi connectivity index (χ0n) is 9.73. The van der Waals surface area contributed by atoms with Crippen LogP contribution < -0.4 is 5.32 Å². The Morgan fingerprint density at radius 3 is 2.44 bits per heavy atom. The number of amides is 1. The molecule has 0 aliphatic heterocycles. The van der Waals surface area contributed by atoms with Gasteiger partial charge in [-0.25, -0.2) is 8.42 Å². The van der Waals surface area contributed by atoms with E-state index in [9.17, 15) is 13.2 Å². The Labute approximate surface area is 112 Å². The van der Waals surface area contributed by atoms with Crippen LogP contribution >= 0.6 is 11.6 Å². The molecule has 0 radical (unpaired) electrons. The van der Waals surface area contributed by atoms with E-state index in [0.717, 1.165) is 0 Å². The molecule has 1 aromatic carbocycles. The highest BCUT2D eigenvalue weighted by Gasteiger charge is 2.10. The SMILES string of the molecule is C=CC(=O)Nc1ccc(CS(=O)(=O)CCCl)cc1. The van der Waals surface area contributed by atoms with Crippen molar-refractivity contribution in [1.82, 2.24) is 0 Å².